The molecule has 1 amide bonds. The van der Waals surface area contributed by atoms with Crippen molar-refractivity contribution < 1.29 is 14.0 Å². The maximum Gasteiger partial charge on any atom is 0.257 e. The molecule has 0 bridgehead atoms. The second-order valence-corrected chi connectivity index (χ2v) is 6.23. The minimum atomic E-state index is -0.601. The van der Waals surface area contributed by atoms with Crippen LogP contribution in [-0.4, -0.2) is 29.2 Å². The summed E-state index contributed by atoms with van der Waals surface area (Å²) in [4.78, 5) is 26.2. The third-order valence-electron chi connectivity index (χ3n) is 4.54. The molecule has 0 radical (unpaired) electrons. The van der Waals surface area contributed by atoms with Crippen molar-refractivity contribution in [2.45, 2.75) is 38.1 Å². The summed E-state index contributed by atoms with van der Waals surface area (Å²) in [7, 11) is 0. The Bertz CT molecular complexity index is 590. The predicted molar refractivity (Wildman–Crippen MR) is 77.8 cm³/mol. The van der Waals surface area contributed by atoms with Gasteiger partial charge in [-0.15, -0.1) is 0 Å². The number of likely N-dealkylation sites (tertiary alicyclic amines) is 1. The maximum atomic E-state index is 13.9. The quantitative estimate of drug-likeness (QED) is 0.839. The topological polar surface area (TPSA) is 37.4 Å². The molecule has 0 N–H and O–H groups in total. The van der Waals surface area contributed by atoms with Crippen molar-refractivity contribution in [2.75, 3.05) is 6.54 Å². The molecule has 1 saturated carbocycles. The monoisotopic (exact) mass is 309 g/mol. The zero-order valence-corrected chi connectivity index (χ0v) is 12.4. The van der Waals surface area contributed by atoms with E-state index in [-0.39, 0.29) is 34.2 Å². The average molecular weight is 310 g/mol. The van der Waals surface area contributed by atoms with Crippen molar-refractivity contribution in [3.8, 4) is 0 Å². The van der Waals surface area contributed by atoms with Crippen LogP contribution in [0.3, 0.4) is 0 Å². The highest BCUT2D eigenvalue weighted by Crippen LogP contribution is 2.34. The Kier molecular flexibility index (Phi) is 3.98. The van der Waals surface area contributed by atoms with Gasteiger partial charge in [0.25, 0.3) is 5.91 Å². The Morgan fingerprint density at radius 3 is 2.76 bits per heavy atom. The number of hydrogen-bond donors (Lipinski definition) is 0. The Morgan fingerprint density at radius 1 is 1.29 bits per heavy atom. The van der Waals surface area contributed by atoms with Crippen LogP contribution in [-0.2, 0) is 4.79 Å². The van der Waals surface area contributed by atoms with E-state index >= 15 is 0 Å². The molecule has 2 atom stereocenters. The van der Waals surface area contributed by atoms with E-state index in [1.54, 1.807) is 4.90 Å². The number of rotatable bonds is 2. The standard InChI is InChI=1S/C16H17ClFNO2/c17-10-6-7-11(13(18)9-10)16(21)19-8-2-4-14(19)12-3-1-5-15(12)20/h6-7,9,12,14H,1-5,8H2. The largest absolute Gasteiger partial charge is 0.335 e. The van der Waals surface area contributed by atoms with Gasteiger partial charge in [0, 0.05) is 29.9 Å². The van der Waals surface area contributed by atoms with Crippen LogP contribution in [0.15, 0.2) is 18.2 Å². The average Bonchev–Trinajstić information content (AvgIpc) is 3.06. The van der Waals surface area contributed by atoms with Crippen LogP contribution in [0.1, 0.15) is 42.5 Å². The summed E-state index contributed by atoms with van der Waals surface area (Å²) in [6, 6.07) is 4.03. The lowest BCUT2D eigenvalue weighted by Crippen LogP contribution is -2.41. The van der Waals surface area contributed by atoms with E-state index in [2.05, 4.69) is 0 Å². The van der Waals surface area contributed by atoms with Crippen molar-refractivity contribution in [1.82, 2.24) is 4.90 Å². The number of hydrogen-bond acceptors (Lipinski definition) is 2. The van der Waals surface area contributed by atoms with E-state index in [4.69, 9.17) is 11.6 Å². The third kappa shape index (κ3) is 2.69. The second-order valence-electron chi connectivity index (χ2n) is 5.80. The summed E-state index contributed by atoms with van der Waals surface area (Å²) < 4.78 is 13.9. The number of carbonyl (C=O) groups excluding carboxylic acids is 2. The highest BCUT2D eigenvalue weighted by Gasteiger charge is 2.40. The van der Waals surface area contributed by atoms with Crippen LogP contribution in [0.4, 0.5) is 4.39 Å². The SMILES string of the molecule is O=C1CCCC1C1CCCN1C(=O)c1ccc(Cl)cc1F. The summed E-state index contributed by atoms with van der Waals surface area (Å²) in [6.07, 6.45) is 4.05. The molecule has 1 aromatic carbocycles. The number of benzene rings is 1. The summed E-state index contributed by atoms with van der Waals surface area (Å²) in [5.74, 6) is -0.745. The first kappa shape index (κ1) is 14.5. The number of Topliss-reactive ketones (excluding diaryl/α,β-unsaturated/α-hetero) is 1. The summed E-state index contributed by atoms with van der Waals surface area (Å²) in [5, 5.41) is 0.271. The Hall–Kier alpha value is -1.42. The zero-order valence-electron chi connectivity index (χ0n) is 11.6. The highest BCUT2D eigenvalue weighted by molar-refractivity contribution is 6.30. The molecule has 21 heavy (non-hydrogen) atoms. The fourth-order valence-electron chi connectivity index (χ4n) is 3.53. The van der Waals surface area contributed by atoms with Crippen LogP contribution in [0.25, 0.3) is 0 Å². The van der Waals surface area contributed by atoms with E-state index in [0.29, 0.717) is 13.0 Å². The molecule has 3 rings (SSSR count). The van der Waals surface area contributed by atoms with Crippen molar-refractivity contribution in [3.63, 3.8) is 0 Å². The molecule has 1 aliphatic heterocycles. The maximum absolute atomic E-state index is 13.9. The van der Waals surface area contributed by atoms with Crippen molar-refractivity contribution in [1.29, 1.82) is 0 Å². The number of nitrogens with zero attached hydrogens (tertiary/aromatic N) is 1. The third-order valence-corrected chi connectivity index (χ3v) is 4.77. The number of amides is 1. The lowest BCUT2D eigenvalue weighted by Gasteiger charge is -2.28. The molecule has 2 fully saturated rings. The minimum Gasteiger partial charge on any atom is -0.335 e. The van der Waals surface area contributed by atoms with Crippen molar-refractivity contribution >= 4 is 23.3 Å². The van der Waals surface area contributed by atoms with Gasteiger partial charge in [-0.25, -0.2) is 4.39 Å². The summed E-state index contributed by atoms with van der Waals surface area (Å²) >= 11 is 5.72. The molecule has 2 aliphatic rings. The van der Waals surface area contributed by atoms with Gasteiger partial charge in [0.05, 0.1) is 5.56 Å². The van der Waals surface area contributed by atoms with Crippen molar-refractivity contribution in [3.05, 3.63) is 34.6 Å². The van der Waals surface area contributed by atoms with Gasteiger partial charge in [-0.1, -0.05) is 11.6 Å². The summed E-state index contributed by atoms with van der Waals surface area (Å²) in [5.41, 5.74) is 0.0387. The number of halogens is 2. The minimum absolute atomic E-state index is 0.0387. The molecule has 1 heterocycles. The highest BCUT2D eigenvalue weighted by atomic mass is 35.5. The van der Waals surface area contributed by atoms with Gasteiger partial charge in [-0.3, -0.25) is 9.59 Å². The van der Waals surface area contributed by atoms with Crippen LogP contribution < -0.4 is 0 Å². The molecule has 1 aliphatic carbocycles. The first-order chi connectivity index (χ1) is 10.1. The van der Waals surface area contributed by atoms with Gasteiger partial charge in [-0.2, -0.15) is 0 Å². The Labute approximate surface area is 128 Å². The van der Waals surface area contributed by atoms with Crippen LogP contribution in [0.2, 0.25) is 5.02 Å². The first-order valence-electron chi connectivity index (χ1n) is 7.36. The molecular formula is C16H17ClFNO2. The summed E-state index contributed by atoms with van der Waals surface area (Å²) in [6.45, 7) is 0.593. The van der Waals surface area contributed by atoms with Crippen LogP contribution >= 0.6 is 11.6 Å². The van der Waals surface area contributed by atoms with Gasteiger partial charge < -0.3 is 4.90 Å². The molecule has 5 heteroatoms. The molecule has 0 aromatic heterocycles. The van der Waals surface area contributed by atoms with E-state index in [1.807, 2.05) is 0 Å². The fraction of sp³-hybridized carbons (Fsp3) is 0.500. The van der Waals surface area contributed by atoms with Gasteiger partial charge >= 0.3 is 0 Å². The van der Waals surface area contributed by atoms with Crippen LogP contribution in [0.5, 0.6) is 0 Å². The first-order valence-corrected chi connectivity index (χ1v) is 7.74. The Morgan fingerprint density at radius 2 is 2.10 bits per heavy atom. The lowest BCUT2D eigenvalue weighted by molar-refractivity contribution is -0.121. The zero-order chi connectivity index (χ0) is 15.0. The number of ketones is 1. The van der Waals surface area contributed by atoms with Crippen LogP contribution in [0, 0.1) is 11.7 Å². The van der Waals surface area contributed by atoms with Gasteiger partial charge in [-0.05, 0) is 43.9 Å². The molecule has 1 aromatic rings. The van der Waals surface area contributed by atoms with Gasteiger partial charge in [0.2, 0.25) is 0 Å². The lowest BCUT2D eigenvalue weighted by atomic mass is 9.94. The number of carbonyl (C=O) groups is 2. The smallest absolute Gasteiger partial charge is 0.257 e. The Balaban J connectivity index is 1.84. The van der Waals surface area contributed by atoms with Gasteiger partial charge in [0.15, 0.2) is 0 Å². The van der Waals surface area contributed by atoms with E-state index in [1.165, 1.54) is 12.1 Å². The van der Waals surface area contributed by atoms with Gasteiger partial charge in [0.1, 0.15) is 11.6 Å². The van der Waals surface area contributed by atoms with E-state index < -0.39 is 5.82 Å². The molecule has 1 saturated heterocycles. The molecular weight excluding hydrogens is 293 g/mol. The molecule has 2 unspecified atom stereocenters. The van der Waals surface area contributed by atoms with Crippen molar-refractivity contribution in [2.24, 2.45) is 5.92 Å². The molecule has 3 nitrogen and oxygen atoms in total. The van der Waals surface area contributed by atoms with E-state index in [0.717, 1.165) is 31.7 Å². The second kappa shape index (κ2) is 5.76. The molecule has 112 valence electrons. The normalized spacial score (nSPS) is 25.6. The predicted octanol–water partition coefficient (Wildman–Crippen LogP) is 3.45. The fourth-order valence-corrected chi connectivity index (χ4v) is 3.69. The van der Waals surface area contributed by atoms with E-state index in [9.17, 15) is 14.0 Å². The molecule has 0 spiro atoms.